The van der Waals surface area contributed by atoms with Gasteiger partial charge in [-0.05, 0) is 76.7 Å². The molecule has 1 unspecified atom stereocenters. The van der Waals surface area contributed by atoms with Gasteiger partial charge in [0.25, 0.3) is 0 Å². The van der Waals surface area contributed by atoms with E-state index in [1.54, 1.807) is 30.3 Å². The molecule has 2 rings (SSSR count). The maximum Gasteiger partial charge on any atom is 0.243 e. The number of nitrogens with one attached hydrogen (secondary N) is 7. The smallest absolute Gasteiger partial charge is 0.243 e. The van der Waals surface area contributed by atoms with E-state index in [4.69, 9.17) is 22.9 Å². The third-order valence-electron chi connectivity index (χ3n) is 8.84. The lowest BCUT2D eigenvalue weighted by atomic mass is 10.00. The highest BCUT2D eigenvalue weighted by Crippen LogP contribution is 2.10. The molecule has 9 atom stereocenters. The Morgan fingerprint density at radius 3 is 1.56 bits per heavy atom. The van der Waals surface area contributed by atoms with E-state index in [0.717, 1.165) is 0 Å². The van der Waals surface area contributed by atoms with Gasteiger partial charge in [0.2, 0.25) is 35.4 Å². The predicted octanol–water partition coefficient (Wildman–Crippen LogP) is -4.75. The van der Waals surface area contributed by atoms with E-state index in [1.165, 1.54) is 6.92 Å². The summed E-state index contributed by atoms with van der Waals surface area (Å²) in [5, 5.41) is 39.8. The summed E-state index contributed by atoms with van der Waals surface area (Å²) >= 11 is 0. The van der Waals surface area contributed by atoms with Crippen molar-refractivity contribution in [3.63, 3.8) is 0 Å². The molecule has 0 aliphatic carbocycles. The molecule has 0 spiro atoms. The molecule has 1 heterocycles. The number of carbonyl (C=O) groups is 6. The molecule has 0 aromatic heterocycles. The van der Waals surface area contributed by atoms with E-state index >= 15 is 0 Å². The molecule has 1 aliphatic heterocycles. The van der Waals surface area contributed by atoms with E-state index in [9.17, 15) is 39.0 Å². The first-order valence-corrected chi connectivity index (χ1v) is 18.4. The van der Waals surface area contributed by atoms with Crippen LogP contribution in [0.15, 0.2) is 30.3 Å². The fraction of sp³-hybridized carbons (Fsp3) is 0.657. The summed E-state index contributed by atoms with van der Waals surface area (Å²) in [4.78, 5) is 81.5. The van der Waals surface area contributed by atoms with Gasteiger partial charge in [-0.15, -0.1) is 0 Å². The van der Waals surface area contributed by atoms with Gasteiger partial charge in [-0.2, -0.15) is 0 Å². The Kier molecular flexibility index (Phi) is 20.0. The van der Waals surface area contributed by atoms with E-state index in [2.05, 4.69) is 37.2 Å². The normalized spacial score (nSPS) is 28.2. The second-order valence-electron chi connectivity index (χ2n) is 13.9. The highest BCUT2D eigenvalue weighted by molar-refractivity contribution is 5.96. The van der Waals surface area contributed by atoms with Gasteiger partial charge in [0.1, 0.15) is 36.4 Å². The molecule has 304 valence electrons. The van der Waals surface area contributed by atoms with Gasteiger partial charge in [-0.25, -0.2) is 0 Å². The Labute approximate surface area is 316 Å². The number of aliphatic hydroxyl groups is 2. The molecule has 1 aliphatic rings. The predicted molar refractivity (Wildman–Crippen MR) is 200 cm³/mol. The van der Waals surface area contributed by atoms with Crippen LogP contribution in [0.2, 0.25) is 0 Å². The number of hydrogen-bond donors (Lipinski definition) is 13. The average Bonchev–Trinajstić information content (AvgIpc) is 3.11. The summed E-state index contributed by atoms with van der Waals surface area (Å²) in [7, 11) is 0. The minimum atomic E-state index is -1.52. The monoisotopic (exact) mass is 763 g/mol. The van der Waals surface area contributed by atoms with Crippen LogP contribution in [0.5, 0.6) is 0 Å². The molecular weight excluding hydrogens is 702 g/mol. The first kappa shape index (κ1) is 45.9. The van der Waals surface area contributed by atoms with Gasteiger partial charge in [-0.3, -0.25) is 34.1 Å². The minimum absolute atomic E-state index is 0.00364. The molecule has 1 aromatic carbocycles. The lowest BCUT2D eigenvalue weighted by Gasteiger charge is -2.30. The minimum Gasteiger partial charge on any atom is -0.391 e. The highest BCUT2D eigenvalue weighted by atomic mass is 16.3. The Hall–Kier alpha value is -4.24. The standard InChI is InChI=1S/C35H61N11O8/c1-19(2)17-26-33(52)43-24(10-14-37)30(49)42-25(11-15-38)32(51)46-28(20(3)47)35(54)40-16-12-22(39)29(48)41-23(9-13-36)31(50)45-27(34(53)44-26)18-21-7-5-4-6-8-21/h4-8,19-20,22-28,35,40,47,54H,9-18,36-39H2,1-3H3,(H,41,48)(H,42,49)(H,43,52)(H,44,53)(H,45,50)(H,46,51)/t20-,22+,23+,24+,25+,26+,27-,28+,35?/m1/s1. The van der Waals surface area contributed by atoms with Crippen LogP contribution in [0.4, 0.5) is 0 Å². The van der Waals surface area contributed by atoms with E-state index < -0.39 is 90.1 Å². The topological polar surface area (TPSA) is 331 Å². The van der Waals surface area contributed by atoms with E-state index in [1.807, 2.05) is 13.8 Å². The maximum absolute atomic E-state index is 13.9. The van der Waals surface area contributed by atoms with Crippen molar-refractivity contribution in [3.8, 4) is 0 Å². The van der Waals surface area contributed by atoms with Crippen LogP contribution in [0.1, 0.15) is 58.4 Å². The molecule has 6 amide bonds. The Morgan fingerprint density at radius 1 is 0.648 bits per heavy atom. The van der Waals surface area contributed by atoms with Gasteiger partial charge in [-0.1, -0.05) is 44.2 Å². The summed E-state index contributed by atoms with van der Waals surface area (Å²) in [5.41, 5.74) is 24.1. The van der Waals surface area contributed by atoms with Crippen LogP contribution in [0, 0.1) is 5.92 Å². The molecule has 1 fully saturated rings. The van der Waals surface area contributed by atoms with Crippen molar-refractivity contribution >= 4 is 35.4 Å². The number of nitrogens with two attached hydrogens (primary N) is 4. The van der Waals surface area contributed by atoms with Crippen LogP contribution >= 0.6 is 0 Å². The van der Waals surface area contributed by atoms with Gasteiger partial charge in [0.15, 0.2) is 0 Å². The van der Waals surface area contributed by atoms with Crippen LogP contribution in [0.25, 0.3) is 0 Å². The van der Waals surface area contributed by atoms with Crippen LogP contribution in [-0.2, 0) is 35.2 Å². The van der Waals surface area contributed by atoms with Crippen LogP contribution in [0.3, 0.4) is 0 Å². The second kappa shape index (κ2) is 23.5. The fourth-order valence-corrected chi connectivity index (χ4v) is 5.81. The van der Waals surface area contributed by atoms with Crippen molar-refractivity contribution in [2.24, 2.45) is 28.9 Å². The maximum atomic E-state index is 13.9. The summed E-state index contributed by atoms with van der Waals surface area (Å²) in [6.07, 6.45) is -2.72. The number of amides is 6. The quantitative estimate of drug-likeness (QED) is 0.101. The number of hydrogen-bond acceptors (Lipinski definition) is 13. The number of carbonyl (C=O) groups excluding carboxylic acids is 6. The largest absolute Gasteiger partial charge is 0.391 e. The van der Waals surface area contributed by atoms with Gasteiger partial charge < -0.3 is 65.0 Å². The average molecular weight is 764 g/mol. The molecule has 0 saturated carbocycles. The fourth-order valence-electron chi connectivity index (χ4n) is 5.81. The summed E-state index contributed by atoms with van der Waals surface area (Å²) in [5.74, 6) is -4.46. The molecule has 17 N–H and O–H groups in total. The third-order valence-corrected chi connectivity index (χ3v) is 8.84. The molecule has 54 heavy (non-hydrogen) atoms. The summed E-state index contributed by atoms with van der Waals surface area (Å²) in [6.45, 7) is 4.92. The van der Waals surface area contributed by atoms with Crippen LogP contribution < -0.4 is 60.2 Å². The number of aliphatic hydroxyl groups excluding tert-OH is 2. The van der Waals surface area contributed by atoms with Crippen molar-refractivity contribution in [2.45, 2.75) is 114 Å². The van der Waals surface area contributed by atoms with E-state index in [-0.39, 0.29) is 70.6 Å². The highest BCUT2D eigenvalue weighted by Gasteiger charge is 2.34. The first-order valence-electron chi connectivity index (χ1n) is 18.4. The van der Waals surface area contributed by atoms with Crippen molar-refractivity contribution in [3.05, 3.63) is 35.9 Å². The molecule has 0 bridgehead atoms. The molecule has 19 heteroatoms. The van der Waals surface area contributed by atoms with Crippen LogP contribution in [-0.4, -0.2) is 126 Å². The second-order valence-corrected chi connectivity index (χ2v) is 13.9. The zero-order valence-corrected chi connectivity index (χ0v) is 31.4. The van der Waals surface area contributed by atoms with Gasteiger partial charge >= 0.3 is 0 Å². The number of rotatable bonds is 11. The van der Waals surface area contributed by atoms with Gasteiger partial charge in [0.05, 0.1) is 18.2 Å². The first-order chi connectivity index (χ1) is 25.6. The Balaban J connectivity index is 2.57. The molecule has 19 nitrogen and oxygen atoms in total. The van der Waals surface area contributed by atoms with Gasteiger partial charge in [0, 0.05) is 6.42 Å². The lowest BCUT2D eigenvalue weighted by Crippen LogP contribution is -2.61. The Morgan fingerprint density at radius 2 is 1.07 bits per heavy atom. The molecule has 0 radical (unpaired) electrons. The SMILES string of the molecule is CC(C)C[C@@H]1NC(=O)[C@@H](Cc2ccccc2)NC(=O)[C@H](CCN)NC(=O)[C@@H](N)CCNC(O)[C@H]([C@@H](C)O)NC(=O)[C@H](CCN)NC(=O)[C@H](CCN)NC1=O. The number of benzene rings is 1. The van der Waals surface area contributed by atoms with Crippen molar-refractivity contribution in [2.75, 3.05) is 26.2 Å². The zero-order chi connectivity index (χ0) is 40.4. The molecule has 1 aromatic rings. The Bertz CT molecular complexity index is 1370. The van der Waals surface area contributed by atoms with Crippen molar-refractivity contribution in [1.29, 1.82) is 0 Å². The molecular formula is C35H61N11O8. The lowest BCUT2D eigenvalue weighted by molar-refractivity contribution is -0.135. The van der Waals surface area contributed by atoms with Crippen molar-refractivity contribution < 1.29 is 39.0 Å². The third kappa shape index (κ3) is 15.2. The van der Waals surface area contributed by atoms with Crippen molar-refractivity contribution in [1.82, 2.24) is 37.2 Å². The summed E-state index contributed by atoms with van der Waals surface area (Å²) < 4.78 is 0. The summed E-state index contributed by atoms with van der Waals surface area (Å²) in [6, 6.07) is 0.409. The van der Waals surface area contributed by atoms with E-state index in [0.29, 0.717) is 5.56 Å². The molecule has 1 saturated heterocycles. The zero-order valence-electron chi connectivity index (χ0n) is 31.4.